The molecule has 0 spiro atoms. The number of aryl methyl sites for hydroxylation is 3. The summed E-state index contributed by atoms with van der Waals surface area (Å²) in [6.07, 6.45) is 2.14. The maximum absolute atomic E-state index is 5.59. The summed E-state index contributed by atoms with van der Waals surface area (Å²) < 4.78 is 0. The van der Waals surface area contributed by atoms with Crippen LogP contribution in [0.15, 0.2) is 0 Å². The van der Waals surface area contributed by atoms with Gasteiger partial charge in [0.15, 0.2) is 0 Å². The molecular formula is C8H12ClNS. The van der Waals surface area contributed by atoms with Gasteiger partial charge in [-0.05, 0) is 26.7 Å². The maximum atomic E-state index is 5.59. The fraction of sp³-hybridized carbons (Fsp3) is 0.625. The molecule has 1 aromatic heterocycles. The third kappa shape index (κ3) is 2.46. The number of aromatic nitrogens is 1. The largest absolute Gasteiger partial charge is 0.247 e. The minimum absolute atomic E-state index is 0.746. The zero-order chi connectivity index (χ0) is 8.27. The zero-order valence-corrected chi connectivity index (χ0v) is 8.43. The molecule has 0 fully saturated rings. The molecule has 1 aromatic rings. The first-order valence-electron chi connectivity index (χ1n) is 3.73. The highest BCUT2D eigenvalue weighted by atomic mass is 35.5. The topological polar surface area (TPSA) is 12.9 Å². The quantitative estimate of drug-likeness (QED) is 0.667. The molecule has 0 radical (unpaired) electrons. The minimum atomic E-state index is 0.746. The van der Waals surface area contributed by atoms with Crippen LogP contribution >= 0.6 is 22.9 Å². The van der Waals surface area contributed by atoms with Crippen LogP contribution in [0, 0.1) is 13.8 Å². The molecule has 0 aliphatic heterocycles. The van der Waals surface area contributed by atoms with Gasteiger partial charge in [-0.2, -0.15) is 0 Å². The summed E-state index contributed by atoms with van der Waals surface area (Å²) >= 11 is 7.38. The van der Waals surface area contributed by atoms with Gasteiger partial charge < -0.3 is 0 Å². The first-order chi connectivity index (χ1) is 5.24. The highest BCUT2D eigenvalue weighted by Crippen LogP contribution is 2.18. The van der Waals surface area contributed by atoms with Gasteiger partial charge in [0.25, 0.3) is 0 Å². The van der Waals surface area contributed by atoms with Gasteiger partial charge in [0.05, 0.1) is 10.7 Å². The van der Waals surface area contributed by atoms with Crippen molar-refractivity contribution in [2.75, 3.05) is 5.88 Å². The first kappa shape index (κ1) is 9.01. The number of halogens is 1. The molecule has 62 valence electrons. The van der Waals surface area contributed by atoms with Crippen LogP contribution in [-0.4, -0.2) is 10.9 Å². The van der Waals surface area contributed by atoms with Gasteiger partial charge in [0, 0.05) is 10.8 Å². The summed E-state index contributed by atoms with van der Waals surface area (Å²) in [5.74, 6) is 0.746. The van der Waals surface area contributed by atoms with Crippen molar-refractivity contribution in [2.24, 2.45) is 0 Å². The number of alkyl halides is 1. The Morgan fingerprint density at radius 2 is 2.18 bits per heavy atom. The smallest absolute Gasteiger partial charge is 0.0900 e. The molecule has 0 aliphatic carbocycles. The Kier molecular flexibility index (Phi) is 3.34. The molecule has 0 bridgehead atoms. The Bertz CT molecular complexity index is 232. The van der Waals surface area contributed by atoms with Crippen LogP contribution in [-0.2, 0) is 6.42 Å². The lowest BCUT2D eigenvalue weighted by Crippen LogP contribution is -1.84. The average molecular weight is 190 g/mol. The van der Waals surface area contributed by atoms with Gasteiger partial charge in [-0.15, -0.1) is 22.9 Å². The summed E-state index contributed by atoms with van der Waals surface area (Å²) in [6, 6.07) is 0. The normalized spacial score (nSPS) is 10.5. The molecule has 11 heavy (non-hydrogen) atoms. The van der Waals surface area contributed by atoms with Gasteiger partial charge in [-0.25, -0.2) is 4.98 Å². The Hall–Kier alpha value is -0.0800. The zero-order valence-electron chi connectivity index (χ0n) is 6.85. The van der Waals surface area contributed by atoms with Crippen LogP contribution in [0.1, 0.15) is 22.0 Å². The number of nitrogens with zero attached hydrogens (tertiary/aromatic N) is 1. The molecule has 0 aromatic carbocycles. The van der Waals surface area contributed by atoms with Gasteiger partial charge in [0.1, 0.15) is 0 Å². The van der Waals surface area contributed by atoms with E-state index >= 15 is 0 Å². The van der Waals surface area contributed by atoms with E-state index in [0.717, 1.165) is 23.7 Å². The van der Waals surface area contributed by atoms with Crippen LogP contribution in [0.5, 0.6) is 0 Å². The van der Waals surface area contributed by atoms with Crippen molar-refractivity contribution < 1.29 is 0 Å². The fourth-order valence-corrected chi connectivity index (χ4v) is 2.15. The number of rotatable bonds is 3. The van der Waals surface area contributed by atoms with E-state index in [0.29, 0.717) is 0 Å². The van der Waals surface area contributed by atoms with Gasteiger partial charge in [0.2, 0.25) is 0 Å². The van der Waals surface area contributed by atoms with Crippen molar-refractivity contribution in [3.8, 4) is 0 Å². The van der Waals surface area contributed by atoms with E-state index in [2.05, 4.69) is 11.9 Å². The standard InChI is InChI=1S/C8H12ClNS/c1-6-8(4-3-5-9)11-7(2)10-6/h3-5H2,1-2H3. The minimum Gasteiger partial charge on any atom is -0.247 e. The number of hydrogen-bond acceptors (Lipinski definition) is 2. The van der Waals surface area contributed by atoms with E-state index in [1.165, 1.54) is 10.6 Å². The van der Waals surface area contributed by atoms with E-state index in [9.17, 15) is 0 Å². The molecule has 0 unspecified atom stereocenters. The van der Waals surface area contributed by atoms with Crippen LogP contribution in [0.4, 0.5) is 0 Å². The molecule has 1 nitrogen and oxygen atoms in total. The van der Waals surface area contributed by atoms with E-state index in [4.69, 9.17) is 11.6 Å². The van der Waals surface area contributed by atoms with Gasteiger partial charge >= 0.3 is 0 Å². The van der Waals surface area contributed by atoms with Crippen LogP contribution in [0.3, 0.4) is 0 Å². The lowest BCUT2D eigenvalue weighted by molar-refractivity contribution is 0.931. The van der Waals surface area contributed by atoms with E-state index in [-0.39, 0.29) is 0 Å². The summed E-state index contributed by atoms with van der Waals surface area (Å²) in [5.41, 5.74) is 1.18. The Labute approximate surface area is 76.4 Å². The highest BCUT2D eigenvalue weighted by Gasteiger charge is 2.02. The fourth-order valence-electron chi connectivity index (χ4n) is 1.03. The lowest BCUT2D eigenvalue weighted by Gasteiger charge is -1.92. The molecule has 0 atom stereocenters. The number of thiazole rings is 1. The molecule has 0 amide bonds. The molecule has 0 saturated heterocycles. The van der Waals surface area contributed by atoms with Crippen molar-refractivity contribution >= 4 is 22.9 Å². The van der Waals surface area contributed by atoms with Crippen molar-refractivity contribution in [3.05, 3.63) is 15.6 Å². The lowest BCUT2D eigenvalue weighted by atomic mass is 10.2. The third-order valence-corrected chi connectivity index (χ3v) is 2.94. The van der Waals surface area contributed by atoms with E-state index in [1.807, 2.05) is 6.92 Å². The molecule has 3 heteroatoms. The SMILES string of the molecule is Cc1nc(C)c(CCCCl)s1. The molecular weight excluding hydrogens is 178 g/mol. The number of hydrogen-bond donors (Lipinski definition) is 0. The van der Waals surface area contributed by atoms with E-state index in [1.54, 1.807) is 11.3 Å². The van der Waals surface area contributed by atoms with Crippen LogP contribution < -0.4 is 0 Å². The second kappa shape index (κ2) is 4.07. The van der Waals surface area contributed by atoms with Gasteiger partial charge in [-0.3, -0.25) is 0 Å². The van der Waals surface area contributed by atoms with Crippen LogP contribution in [0.2, 0.25) is 0 Å². The molecule has 0 N–H and O–H groups in total. The third-order valence-electron chi connectivity index (χ3n) is 1.54. The second-order valence-corrected chi connectivity index (χ2v) is 4.20. The maximum Gasteiger partial charge on any atom is 0.0900 e. The summed E-state index contributed by atoms with van der Waals surface area (Å²) in [5, 5.41) is 1.16. The average Bonchev–Trinajstić information content (AvgIpc) is 2.26. The van der Waals surface area contributed by atoms with Crippen molar-refractivity contribution in [3.63, 3.8) is 0 Å². The first-order valence-corrected chi connectivity index (χ1v) is 5.08. The molecule has 0 aliphatic rings. The monoisotopic (exact) mass is 189 g/mol. The predicted octanol–water partition coefficient (Wildman–Crippen LogP) is 2.93. The van der Waals surface area contributed by atoms with Crippen molar-refractivity contribution in [2.45, 2.75) is 26.7 Å². The summed E-state index contributed by atoms with van der Waals surface area (Å²) in [6.45, 7) is 4.11. The highest BCUT2D eigenvalue weighted by molar-refractivity contribution is 7.11. The Morgan fingerprint density at radius 1 is 1.45 bits per heavy atom. The van der Waals surface area contributed by atoms with Crippen molar-refractivity contribution in [1.29, 1.82) is 0 Å². The predicted molar refractivity (Wildman–Crippen MR) is 50.6 cm³/mol. The Balaban J connectivity index is 2.62. The van der Waals surface area contributed by atoms with Crippen LogP contribution in [0.25, 0.3) is 0 Å². The summed E-state index contributed by atoms with van der Waals surface area (Å²) in [4.78, 5) is 5.73. The molecule has 1 rings (SSSR count). The summed E-state index contributed by atoms with van der Waals surface area (Å²) in [7, 11) is 0. The van der Waals surface area contributed by atoms with Crippen molar-refractivity contribution in [1.82, 2.24) is 4.98 Å². The van der Waals surface area contributed by atoms with Gasteiger partial charge in [-0.1, -0.05) is 0 Å². The molecule has 0 saturated carbocycles. The van der Waals surface area contributed by atoms with E-state index < -0.39 is 0 Å². The Morgan fingerprint density at radius 3 is 2.64 bits per heavy atom. The second-order valence-electron chi connectivity index (χ2n) is 2.53. The molecule has 1 heterocycles.